The molecule has 1 atom stereocenters. The van der Waals surface area contributed by atoms with E-state index in [9.17, 15) is 9.18 Å². The molecule has 1 fully saturated rings. The molecule has 1 aliphatic heterocycles. The summed E-state index contributed by atoms with van der Waals surface area (Å²) < 4.78 is 13.1. The highest BCUT2D eigenvalue weighted by atomic mass is 19.1. The maximum atomic E-state index is 13.1. The lowest BCUT2D eigenvalue weighted by Gasteiger charge is -2.28. The van der Waals surface area contributed by atoms with Crippen LogP contribution in [-0.4, -0.2) is 53.1 Å². The summed E-state index contributed by atoms with van der Waals surface area (Å²) >= 11 is 0. The lowest BCUT2D eigenvalue weighted by atomic mass is 10.1. The predicted octanol–water partition coefficient (Wildman–Crippen LogP) is 0.640. The first-order valence-corrected chi connectivity index (χ1v) is 6.16. The van der Waals surface area contributed by atoms with Crippen molar-refractivity contribution in [2.24, 2.45) is 0 Å². The van der Waals surface area contributed by atoms with Crippen LogP contribution in [0.5, 0.6) is 0 Å². The summed E-state index contributed by atoms with van der Waals surface area (Å²) in [6.45, 7) is 2.55. The average Bonchev–Trinajstić information content (AvgIpc) is 2.40. The summed E-state index contributed by atoms with van der Waals surface area (Å²) in [5, 5.41) is 2.76. The van der Waals surface area contributed by atoms with Crippen molar-refractivity contribution in [1.29, 1.82) is 0 Å². The third kappa shape index (κ3) is 3.73. The summed E-state index contributed by atoms with van der Waals surface area (Å²) in [4.78, 5) is 21.4. The van der Waals surface area contributed by atoms with E-state index in [4.69, 9.17) is 0 Å². The quantitative estimate of drug-likeness (QED) is 0.854. The second kappa shape index (κ2) is 6.39. The number of hydrogen-bond acceptors (Lipinski definition) is 4. The lowest BCUT2D eigenvalue weighted by molar-refractivity contribution is 0.0933. The summed E-state index contributed by atoms with van der Waals surface area (Å²) in [5.41, 5.74) is 0.305. The van der Waals surface area contributed by atoms with Gasteiger partial charge in [-0.3, -0.25) is 14.7 Å². The highest BCUT2D eigenvalue weighted by Gasteiger charge is 2.18. The third-order valence-electron chi connectivity index (χ3n) is 2.96. The zero-order valence-corrected chi connectivity index (χ0v) is 10.2. The number of likely N-dealkylation sites (tertiary alicyclic amines) is 1. The zero-order chi connectivity index (χ0) is 12.8. The minimum atomic E-state index is -0.727. The minimum Gasteiger partial charge on any atom is -0.349 e. The molecule has 1 N–H and O–H groups in total. The molecule has 2 rings (SSSR count). The Balaban J connectivity index is 1.70. The summed E-state index contributed by atoms with van der Waals surface area (Å²) in [7, 11) is 0. The Morgan fingerprint density at radius 1 is 1.56 bits per heavy atom. The van der Waals surface area contributed by atoms with E-state index >= 15 is 0 Å². The SMILES string of the molecule is O=C(NCCN1CCCC(F)C1)c1cnccn1. The van der Waals surface area contributed by atoms with Crippen molar-refractivity contribution in [3.05, 3.63) is 24.3 Å². The van der Waals surface area contributed by atoms with Gasteiger partial charge in [0, 0.05) is 32.0 Å². The number of nitrogens with zero attached hydrogens (tertiary/aromatic N) is 3. The number of rotatable bonds is 4. The van der Waals surface area contributed by atoms with Crippen LogP contribution in [-0.2, 0) is 0 Å². The first-order chi connectivity index (χ1) is 8.75. The molecular formula is C12H17FN4O. The van der Waals surface area contributed by atoms with Crippen LogP contribution in [0.25, 0.3) is 0 Å². The van der Waals surface area contributed by atoms with Gasteiger partial charge in [-0.15, -0.1) is 0 Å². The van der Waals surface area contributed by atoms with Crippen molar-refractivity contribution in [2.75, 3.05) is 26.2 Å². The Hall–Kier alpha value is -1.56. The van der Waals surface area contributed by atoms with E-state index in [1.807, 2.05) is 4.90 Å². The molecule has 1 aliphatic rings. The molecule has 5 nitrogen and oxygen atoms in total. The van der Waals surface area contributed by atoms with Gasteiger partial charge in [0.15, 0.2) is 0 Å². The highest BCUT2D eigenvalue weighted by Crippen LogP contribution is 2.11. The minimum absolute atomic E-state index is 0.239. The van der Waals surface area contributed by atoms with Crippen LogP contribution in [0.2, 0.25) is 0 Å². The topological polar surface area (TPSA) is 58.1 Å². The number of carbonyl (C=O) groups is 1. The normalized spacial score (nSPS) is 20.6. The number of piperidine rings is 1. The fourth-order valence-electron chi connectivity index (χ4n) is 2.04. The Morgan fingerprint density at radius 2 is 2.44 bits per heavy atom. The van der Waals surface area contributed by atoms with Crippen LogP contribution in [0.4, 0.5) is 4.39 Å². The van der Waals surface area contributed by atoms with Gasteiger partial charge in [-0.25, -0.2) is 9.37 Å². The monoisotopic (exact) mass is 252 g/mol. The van der Waals surface area contributed by atoms with Crippen molar-refractivity contribution in [1.82, 2.24) is 20.2 Å². The van der Waals surface area contributed by atoms with Crippen LogP contribution in [0.1, 0.15) is 23.3 Å². The smallest absolute Gasteiger partial charge is 0.271 e. The largest absolute Gasteiger partial charge is 0.349 e. The molecule has 98 valence electrons. The van der Waals surface area contributed by atoms with Gasteiger partial charge in [0.25, 0.3) is 5.91 Å². The average molecular weight is 252 g/mol. The predicted molar refractivity (Wildman–Crippen MR) is 64.9 cm³/mol. The number of aromatic nitrogens is 2. The van der Waals surface area contributed by atoms with E-state index in [0.717, 1.165) is 13.0 Å². The number of nitrogens with one attached hydrogen (secondary N) is 1. The van der Waals surface area contributed by atoms with Gasteiger partial charge in [-0.1, -0.05) is 0 Å². The molecule has 0 radical (unpaired) electrons. The van der Waals surface area contributed by atoms with E-state index < -0.39 is 6.17 Å². The number of carbonyl (C=O) groups excluding carboxylic acids is 1. The third-order valence-corrected chi connectivity index (χ3v) is 2.96. The molecule has 0 aromatic carbocycles. The molecule has 1 saturated heterocycles. The summed E-state index contributed by atoms with van der Waals surface area (Å²) in [6, 6.07) is 0. The van der Waals surface area contributed by atoms with E-state index in [-0.39, 0.29) is 5.91 Å². The molecule has 0 aliphatic carbocycles. The van der Waals surface area contributed by atoms with Crippen LogP contribution in [0.3, 0.4) is 0 Å². The first kappa shape index (κ1) is 12.9. The van der Waals surface area contributed by atoms with E-state index in [1.165, 1.54) is 18.6 Å². The van der Waals surface area contributed by atoms with E-state index in [2.05, 4.69) is 15.3 Å². The molecule has 1 aromatic heterocycles. The number of hydrogen-bond donors (Lipinski definition) is 1. The van der Waals surface area contributed by atoms with Gasteiger partial charge in [0.1, 0.15) is 11.9 Å². The molecule has 0 saturated carbocycles. The second-order valence-corrected chi connectivity index (χ2v) is 4.39. The van der Waals surface area contributed by atoms with Crippen molar-refractivity contribution in [3.63, 3.8) is 0 Å². The van der Waals surface area contributed by atoms with Gasteiger partial charge in [0.05, 0.1) is 6.20 Å². The van der Waals surface area contributed by atoms with Crippen LogP contribution < -0.4 is 5.32 Å². The molecule has 0 spiro atoms. The fraction of sp³-hybridized carbons (Fsp3) is 0.583. The Labute approximate surface area is 105 Å². The van der Waals surface area contributed by atoms with Gasteiger partial charge in [-0.05, 0) is 19.4 Å². The summed E-state index contributed by atoms with van der Waals surface area (Å²) in [5.74, 6) is -0.239. The maximum Gasteiger partial charge on any atom is 0.271 e. The van der Waals surface area contributed by atoms with Crippen molar-refractivity contribution >= 4 is 5.91 Å². The van der Waals surface area contributed by atoms with Crippen LogP contribution in [0.15, 0.2) is 18.6 Å². The molecular weight excluding hydrogens is 235 g/mol. The Kier molecular flexibility index (Phi) is 4.58. The standard InChI is InChI=1S/C12H17FN4O/c13-10-2-1-6-17(9-10)7-5-16-12(18)11-8-14-3-4-15-11/h3-4,8,10H,1-2,5-7,9H2,(H,16,18). The van der Waals surface area contributed by atoms with Gasteiger partial charge >= 0.3 is 0 Å². The number of amides is 1. The van der Waals surface area contributed by atoms with Crippen molar-refractivity contribution in [2.45, 2.75) is 19.0 Å². The summed E-state index contributed by atoms with van der Waals surface area (Å²) in [6.07, 6.45) is 5.24. The zero-order valence-electron chi connectivity index (χ0n) is 10.2. The van der Waals surface area contributed by atoms with E-state index in [1.54, 1.807) is 0 Å². The maximum absolute atomic E-state index is 13.1. The first-order valence-electron chi connectivity index (χ1n) is 6.16. The van der Waals surface area contributed by atoms with Crippen molar-refractivity contribution < 1.29 is 9.18 Å². The van der Waals surface area contributed by atoms with E-state index in [0.29, 0.717) is 31.7 Å². The molecule has 1 amide bonds. The number of halogens is 1. The lowest BCUT2D eigenvalue weighted by Crippen LogP contribution is -2.41. The second-order valence-electron chi connectivity index (χ2n) is 4.39. The highest BCUT2D eigenvalue weighted by molar-refractivity contribution is 5.91. The molecule has 6 heteroatoms. The molecule has 1 aromatic rings. The molecule has 2 heterocycles. The molecule has 18 heavy (non-hydrogen) atoms. The van der Waals surface area contributed by atoms with Gasteiger partial charge < -0.3 is 5.32 Å². The molecule has 1 unspecified atom stereocenters. The molecule has 0 bridgehead atoms. The number of alkyl halides is 1. The fourth-order valence-corrected chi connectivity index (χ4v) is 2.04. The van der Waals surface area contributed by atoms with Crippen LogP contribution >= 0.6 is 0 Å². The Morgan fingerprint density at radius 3 is 3.17 bits per heavy atom. The van der Waals surface area contributed by atoms with Crippen molar-refractivity contribution in [3.8, 4) is 0 Å². The van der Waals surface area contributed by atoms with Crippen LogP contribution in [0, 0.1) is 0 Å². The van der Waals surface area contributed by atoms with Gasteiger partial charge in [0.2, 0.25) is 0 Å². The van der Waals surface area contributed by atoms with Gasteiger partial charge in [-0.2, -0.15) is 0 Å². The Bertz CT molecular complexity index is 387.